The Morgan fingerprint density at radius 3 is 2.71 bits per heavy atom. The molecule has 0 spiro atoms. The SMILES string of the molecule is CCN(C)CCNC(=NC)NCC(c1ccco1)N1CCCC1.I. The van der Waals surface area contributed by atoms with Crippen LogP contribution in [-0.2, 0) is 0 Å². The van der Waals surface area contributed by atoms with Gasteiger partial charge in [-0.2, -0.15) is 0 Å². The van der Waals surface area contributed by atoms with Gasteiger partial charge in [0.2, 0.25) is 0 Å². The topological polar surface area (TPSA) is 56.0 Å². The minimum absolute atomic E-state index is 0. The fraction of sp³-hybridized carbons (Fsp3) is 0.706. The predicted molar refractivity (Wildman–Crippen MR) is 110 cm³/mol. The van der Waals surface area contributed by atoms with Crippen molar-refractivity contribution >= 4 is 29.9 Å². The zero-order valence-corrected chi connectivity index (χ0v) is 17.5. The second kappa shape index (κ2) is 11.7. The average molecular weight is 449 g/mol. The first-order chi connectivity index (χ1) is 11.2. The van der Waals surface area contributed by atoms with Crippen LogP contribution in [0, 0.1) is 0 Å². The monoisotopic (exact) mass is 449 g/mol. The molecule has 1 aromatic heterocycles. The highest BCUT2D eigenvalue weighted by Crippen LogP contribution is 2.24. The third-order valence-electron chi connectivity index (χ3n) is 4.47. The van der Waals surface area contributed by atoms with Crippen LogP contribution in [0.4, 0.5) is 0 Å². The number of likely N-dealkylation sites (N-methyl/N-ethyl adjacent to an activating group) is 1. The van der Waals surface area contributed by atoms with E-state index in [1.165, 1.54) is 12.8 Å². The van der Waals surface area contributed by atoms with E-state index >= 15 is 0 Å². The van der Waals surface area contributed by atoms with E-state index in [9.17, 15) is 0 Å². The standard InChI is InChI=1S/C17H31N5O.HI/c1-4-21(3)12-9-19-17(18-2)20-14-15(16-8-7-13-23-16)22-10-5-6-11-22;/h7-8,13,15H,4-6,9-12,14H2,1-3H3,(H2,18,19,20);1H. The fourth-order valence-electron chi connectivity index (χ4n) is 2.88. The number of rotatable bonds is 8. The van der Waals surface area contributed by atoms with E-state index in [-0.39, 0.29) is 30.0 Å². The second-order valence-corrected chi connectivity index (χ2v) is 6.05. The number of hydrogen-bond donors (Lipinski definition) is 2. The quantitative estimate of drug-likeness (QED) is 0.362. The van der Waals surface area contributed by atoms with Crippen LogP contribution in [0.3, 0.4) is 0 Å². The van der Waals surface area contributed by atoms with Gasteiger partial charge in [-0.1, -0.05) is 6.92 Å². The molecule has 2 rings (SSSR count). The lowest BCUT2D eigenvalue weighted by Gasteiger charge is -2.27. The van der Waals surface area contributed by atoms with Crippen LogP contribution in [0.1, 0.15) is 31.6 Å². The summed E-state index contributed by atoms with van der Waals surface area (Å²) in [5, 5.41) is 6.82. The molecule has 6 nitrogen and oxygen atoms in total. The van der Waals surface area contributed by atoms with Crippen LogP contribution >= 0.6 is 24.0 Å². The van der Waals surface area contributed by atoms with Gasteiger partial charge in [0.15, 0.2) is 5.96 Å². The van der Waals surface area contributed by atoms with Gasteiger partial charge in [-0.3, -0.25) is 9.89 Å². The van der Waals surface area contributed by atoms with Gasteiger partial charge in [0, 0.05) is 26.7 Å². The Labute approximate surface area is 163 Å². The largest absolute Gasteiger partial charge is 0.468 e. The number of guanidine groups is 1. The summed E-state index contributed by atoms with van der Waals surface area (Å²) in [6, 6.07) is 4.30. The molecule has 2 N–H and O–H groups in total. The van der Waals surface area contributed by atoms with Crippen molar-refractivity contribution in [3.05, 3.63) is 24.2 Å². The molecule has 1 saturated heterocycles. The van der Waals surface area contributed by atoms with Gasteiger partial charge in [-0.05, 0) is 51.7 Å². The third-order valence-corrected chi connectivity index (χ3v) is 4.47. The number of nitrogens with one attached hydrogen (secondary N) is 2. The summed E-state index contributed by atoms with van der Waals surface area (Å²) in [7, 11) is 3.94. The molecule has 1 aliphatic rings. The van der Waals surface area contributed by atoms with Gasteiger partial charge >= 0.3 is 0 Å². The van der Waals surface area contributed by atoms with Gasteiger partial charge < -0.3 is 20.0 Å². The van der Waals surface area contributed by atoms with Crippen LogP contribution in [0.15, 0.2) is 27.8 Å². The molecule has 0 saturated carbocycles. The zero-order valence-electron chi connectivity index (χ0n) is 15.1. The molecule has 0 bridgehead atoms. The van der Waals surface area contributed by atoms with Crippen molar-refractivity contribution in [2.45, 2.75) is 25.8 Å². The highest BCUT2D eigenvalue weighted by Gasteiger charge is 2.25. The molecular formula is C17H32IN5O. The maximum Gasteiger partial charge on any atom is 0.191 e. The number of furan rings is 1. The summed E-state index contributed by atoms with van der Waals surface area (Å²) < 4.78 is 5.65. The first-order valence-corrected chi connectivity index (χ1v) is 8.65. The number of aliphatic imine (C=N–C) groups is 1. The lowest BCUT2D eigenvalue weighted by atomic mass is 10.2. The lowest BCUT2D eigenvalue weighted by molar-refractivity contribution is 0.215. The van der Waals surface area contributed by atoms with Gasteiger partial charge in [0.25, 0.3) is 0 Å². The molecule has 1 aliphatic heterocycles. The molecular weight excluding hydrogens is 417 g/mol. The molecule has 1 fully saturated rings. The number of nitrogens with zero attached hydrogens (tertiary/aromatic N) is 3. The van der Waals surface area contributed by atoms with Crippen molar-refractivity contribution < 1.29 is 4.42 Å². The van der Waals surface area contributed by atoms with Crippen LogP contribution in [0.5, 0.6) is 0 Å². The number of halogens is 1. The normalized spacial score (nSPS) is 16.9. The predicted octanol–water partition coefficient (Wildman–Crippen LogP) is 2.15. The molecule has 0 amide bonds. The Balaban J connectivity index is 0.00000288. The van der Waals surface area contributed by atoms with Crippen molar-refractivity contribution in [2.75, 3.05) is 53.4 Å². The summed E-state index contributed by atoms with van der Waals surface area (Å²) >= 11 is 0. The third kappa shape index (κ3) is 6.60. The Morgan fingerprint density at radius 1 is 1.38 bits per heavy atom. The van der Waals surface area contributed by atoms with Crippen LogP contribution < -0.4 is 10.6 Å². The Kier molecular flexibility index (Phi) is 10.4. The maximum absolute atomic E-state index is 5.65. The maximum atomic E-state index is 5.65. The van der Waals surface area contributed by atoms with E-state index in [1.807, 2.05) is 13.1 Å². The summed E-state index contributed by atoms with van der Waals surface area (Å²) in [4.78, 5) is 9.08. The molecule has 2 heterocycles. The Bertz CT molecular complexity index is 460. The van der Waals surface area contributed by atoms with E-state index in [1.54, 1.807) is 6.26 Å². The molecule has 1 aromatic rings. The molecule has 0 aliphatic carbocycles. The number of likely N-dealkylation sites (tertiary alicyclic amines) is 1. The van der Waals surface area contributed by atoms with Crippen LogP contribution in [-0.4, -0.2) is 69.1 Å². The molecule has 0 aromatic carbocycles. The molecule has 7 heteroatoms. The summed E-state index contributed by atoms with van der Waals surface area (Å²) in [5.41, 5.74) is 0. The molecule has 1 atom stereocenters. The summed E-state index contributed by atoms with van der Waals surface area (Å²) in [6.45, 7) is 8.20. The van der Waals surface area contributed by atoms with Gasteiger partial charge in [0.05, 0.1) is 12.3 Å². The lowest BCUT2D eigenvalue weighted by Crippen LogP contribution is -2.44. The number of hydrogen-bond acceptors (Lipinski definition) is 4. The van der Waals surface area contributed by atoms with Crippen molar-refractivity contribution in [3.63, 3.8) is 0 Å². The highest BCUT2D eigenvalue weighted by atomic mass is 127. The molecule has 0 radical (unpaired) electrons. The van der Waals surface area contributed by atoms with E-state index in [2.05, 4.69) is 45.5 Å². The Hall–Kier alpha value is -0.800. The van der Waals surface area contributed by atoms with E-state index in [0.717, 1.165) is 51.0 Å². The molecule has 24 heavy (non-hydrogen) atoms. The van der Waals surface area contributed by atoms with E-state index in [4.69, 9.17) is 4.42 Å². The Morgan fingerprint density at radius 2 is 2.12 bits per heavy atom. The minimum Gasteiger partial charge on any atom is -0.468 e. The first kappa shape index (κ1) is 21.2. The van der Waals surface area contributed by atoms with Crippen molar-refractivity contribution in [3.8, 4) is 0 Å². The van der Waals surface area contributed by atoms with Crippen LogP contribution in [0.25, 0.3) is 0 Å². The van der Waals surface area contributed by atoms with Crippen molar-refractivity contribution in [1.29, 1.82) is 0 Å². The zero-order chi connectivity index (χ0) is 16.5. The van der Waals surface area contributed by atoms with Crippen molar-refractivity contribution in [1.82, 2.24) is 20.4 Å². The van der Waals surface area contributed by atoms with Gasteiger partial charge in [-0.15, -0.1) is 24.0 Å². The van der Waals surface area contributed by atoms with Gasteiger partial charge in [-0.25, -0.2) is 0 Å². The summed E-state index contributed by atoms with van der Waals surface area (Å²) in [5.74, 6) is 1.88. The van der Waals surface area contributed by atoms with Crippen LogP contribution in [0.2, 0.25) is 0 Å². The summed E-state index contributed by atoms with van der Waals surface area (Å²) in [6.07, 6.45) is 4.30. The second-order valence-electron chi connectivity index (χ2n) is 6.05. The van der Waals surface area contributed by atoms with E-state index in [0.29, 0.717) is 0 Å². The fourth-order valence-corrected chi connectivity index (χ4v) is 2.88. The van der Waals surface area contributed by atoms with Crippen molar-refractivity contribution in [2.24, 2.45) is 4.99 Å². The molecule has 1 unspecified atom stereocenters. The molecule has 138 valence electrons. The van der Waals surface area contributed by atoms with Gasteiger partial charge in [0.1, 0.15) is 5.76 Å². The van der Waals surface area contributed by atoms with E-state index < -0.39 is 0 Å². The average Bonchev–Trinajstić information content (AvgIpc) is 3.27. The smallest absolute Gasteiger partial charge is 0.191 e. The first-order valence-electron chi connectivity index (χ1n) is 8.65. The minimum atomic E-state index is 0. The highest BCUT2D eigenvalue weighted by molar-refractivity contribution is 14.0.